The zero-order valence-electron chi connectivity index (χ0n) is 30.6. The monoisotopic (exact) mass is 648 g/mol. The summed E-state index contributed by atoms with van der Waals surface area (Å²) < 4.78 is 10.9. The number of hydrogen-bond donors (Lipinski definition) is 2. The van der Waals surface area contributed by atoms with Gasteiger partial charge in [-0.2, -0.15) is 0 Å². The number of aliphatic hydroxyl groups excluding tert-OH is 1. The molecule has 0 aromatic heterocycles. The van der Waals surface area contributed by atoms with Gasteiger partial charge in [-0.3, -0.25) is 0 Å². The minimum absolute atomic E-state index is 0.0766. The quantitative estimate of drug-likeness (QED) is 0.221. The first-order chi connectivity index (χ1) is 22.1. The normalized spacial score (nSPS) is 31.7. The predicted octanol–water partition coefficient (Wildman–Crippen LogP) is 10.7. The maximum Gasteiger partial charge on any atom is 0.335 e. The number of carboxylic acid groups (broad SMARTS) is 1. The van der Waals surface area contributed by atoms with Crippen LogP contribution in [0.25, 0.3) is 0 Å². The van der Waals surface area contributed by atoms with Crippen LogP contribution in [0.4, 0.5) is 0 Å². The molecule has 47 heavy (non-hydrogen) atoms. The summed E-state index contributed by atoms with van der Waals surface area (Å²) in [5, 5.41) is 19.3. The molecule has 3 fully saturated rings. The highest BCUT2D eigenvalue weighted by molar-refractivity contribution is 5.88. The Hall–Kier alpha value is -2.53. The van der Waals surface area contributed by atoms with Crippen molar-refractivity contribution in [2.75, 3.05) is 13.2 Å². The van der Waals surface area contributed by atoms with E-state index in [1.807, 2.05) is 13.8 Å². The second-order valence-corrected chi connectivity index (χ2v) is 16.7. The molecule has 0 radical (unpaired) electrons. The van der Waals surface area contributed by atoms with Gasteiger partial charge in [-0.05, 0) is 135 Å². The highest BCUT2D eigenvalue weighted by Gasteiger charge is 2.59. The van der Waals surface area contributed by atoms with Crippen molar-refractivity contribution < 1.29 is 24.5 Å². The van der Waals surface area contributed by atoms with Crippen molar-refractivity contribution in [2.45, 2.75) is 125 Å². The maximum absolute atomic E-state index is 11.0. The largest absolute Gasteiger partial charge is 0.489 e. The molecule has 0 bridgehead atoms. The van der Waals surface area contributed by atoms with Crippen molar-refractivity contribution >= 4 is 5.97 Å². The van der Waals surface area contributed by atoms with Crippen molar-refractivity contribution in [3.05, 3.63) is 59.7 Å². The van der Waals surface area contributed by atoms with Gasteiger partial charge in [0, 0.05) is 6.07 Å². The zero-order chi connectivity index (χ0) is 34.5. The van der Waals surface area contributed by atoms with Crippen LogP contribution in [0.5, 0.6) is 11.5 Å². The Kier molecular flexibility index (Phi) is 12.5. The van der Waals surface area contributed by atoms with E-state index in [0.29, 0.717) is 35.5 Å². The highest BCUT2D eigenvalue weighted by Crippen LogP contribution is 2.67. The van der Waals surface area contributed by atoms with Gasteiger partial charge in [0.15, 0.2) is 0 Å². The number of carbonyl (C=O) groups is 1. The second kappa shape index (κ2) is 15.8. The summed E-state index contributed by atoms with van der Waals surface area (Å²) in [5.74, 6) is 5.32. The lowest BCUT2D eigenvalue weighted by atomic mass is 9.47. The van der Waals surface area contributed by atoms with Crippen molar-refractivity contribution in [1.29, 1.82) is 0 Å². The van der Waals surface area contributed by atoms with Crippen LogP contribution in [-0.2, 0) is 0 Å². The minimum atomic E-state index is -1.03. The van der Waals surface area contributed by atoms with Crippen LogP contribution < -0.4 is 9.47 Å². The third-order valence-corrected chi connectivity index (χ3v) is 12.4. The minimum Gasteiger partial charge on any atom is -0.489 e. The first kappa shape index (κ1) is 37.3. The topological polar surface area (TPSA) is 76.0 Å². The summed E-state index contributed by atoms with van der Waals surface area (Å²) in [6.07, 6.45) is 17.2. The molecule has 4 aliphatic rings. The van der Waals surface area contributed by atoms with Gasteiger partial charge >= 0.3 is 5.97 Å². The Labute approximate surface area is 285 Å². The molecular weight excluding hydrogens is 584 g/mol. The summed E-state index contributed by atoms with van der Waals surface area (Å²) in [5.41, 5.74) is 4.43. The zero-order valence-corrected chi connectivity index (χ0v) is 30.6. The van der Waals surface area contributed by atoms with Gasteiger partial charge in [0.2, 0.25) is 0 Å². The van der Waals surface area contributed by atoms with Crippen molar-refractivity contribution in [3.8, 4) is 11.5 Å². The number of aromatic carboxylic acids is 1. The molecule has 0 spiro atoms. The fourth-order valence-electron chi connectivity index (χ4n) is 9.94. The van der Waals surface area contributed by atoms with E-state index in [-0.39, 0.29) is 11.7 Å². The lowest BCUT2D eigenvalue weighted by molar-refractivity contribution is -0.0573. The molecule has 262 valence electrons. The molecule has 4 aliphatic carbocycles. The number of benzene rings is 1. The van der Waals surface area contributed by atoms with Crippen molar-refractivity contribution in [2.24, 2.45) is 46.3 Å². The standard InChI is InChI=1S/C27H46O.C15H18O4/c1-18(2)7-6-8-19(3)23-11-12-24-22-10-9-20-17-21(28)13-15-26(20,4)25(22)14-16-27(23,24)5;1-10(2)8-18-13-5-12(15(16)17)6-14(7-13)19-9-11(3)4/h9,18-19,21-25,28H,6-8,10-17H2,1-5H3;5-7H,1,3,8-9H2,2,4H3,(H,16,17)/t19-,21+,22+,23-,24+,25+,26+,27-;/m1./s1. The Morgan fingerprint density at radius 1 is 0.915 bits per heavy atom. The predicted molar refractivity (Wildman–Crippen MR) is 193 cm³/mol. The van der Waals surface area contributed by atoms with E-state index in [1.165, 1.54) is 69.9 Å². The third kappa shape index (κ3) is 8.94. The third-order valence-electron chi connectivity index (χ3n) is 12.4. The second-order valence-electron chi connectivity index (χ2n) is 16.7. The van der Waals surface area contributed by atoms with Gasteiger partial charge in [-0.1, -0.05) is 78.7 Å². The van der Waals surface area contributed by atoms with Crippen LogP contribution in [0, 0.1) is 46.3 Å². The lowest BCUT2D eigenvalue weighted by Crippen LogP contribution is -2.50. The van der Waals surface area contributed by atoms with Crippen LogP contribution in [0.1, 0.15) is 129 Å². The number of carboxylic acids is 1. The Morgan fingerprint density at radius 3 is 2.13 bits per heavy atom. The number of aliphatic hydroxyl groups is 1. The molecule has 5 rings (SSSR count). The van der Waals surface area contributed by atoms with E-state index in [9.17, 15) is 9.90 Å². The molecule has 5 heteroatoms. The average molecular weight is 649 g/mol. The van der Waals surface area contributed by atoms with Crippen molar-refractivity contribution in [1.82, 2.24) is 0 Å². The summed E-state index contributed by atoms with van der Waals surface area (Å²) in [4.78, 5) is 11.0. The molecule has 1 aromatic rings. The van der Waals surface area contributed by atoms with E-state index >= 15 is 0 Å². The summed E-state index contributed by atoms with van der Waals surface area (Å²) in [6.45, 7) is 24.4. The number of rotatable bonds is 12. The lowest BCUT2D eigenvalue weighted by Gasteiger charge is -2.58. The van der Waals surface area contributed by atoms with Gasteiger partial charge in [-0.15, -0.1) is 0 Å². The maximum atomic E-state index is 11.0. The Morgan fingerprint density at radius 2 is 1.55 bits per heavy atom. The highest BCUT2D eigenvalue weighted by atomic mass is 16.5. The van der Waals surface area contributed by atoms with E-state index in [2.05, 4.69) is 53.9 Å². The molecule has 5 nitrogen and oxygen atoms in total. The van der Waals surface area contributed by atoms with E-state index in [1.54, 1.807) is 11.6 Å². The van der Waals surface area contributed by atoms with Gasteiger partial charge in [0.05, 0.1) is 11.7 Å². The molecule has 3 saturated carbocycles. The molecule has 0 unspecified atom stereocenters. The number of ether oxygens (including phenoxy) is 2. The van der Waals surface area contributed by atoms with Gasteiger partial charge in [0.1, 0.15) is 24.7 Å². The van der Waals surface area contributed by atoms with Crippen LogP contribution >= 0.6 is 0 Å². The van der Waals surface area contributed by atoms with Crippen molar-refractivity contribution in [3.63, 3.8) is 0 Å². The number of hydrogen-bond acceptors (Lipinski definition) is 4. The SMILES string of the molecule is C=C(C)COc1cc(OCC(=C)C)cc(C(=O)O)c1.CC(C)CCC[C@@H](C)[C@H]1CC[C@H]2[C@@H]3CC=C4C[C@@H](O)CC[C@]4(C)[C@H]3CC[C@]12C. The number of allylic oxidation sites excluding steroid dienone is 1. The summed E-state index contributed by atoms with van der Waals surface area (Å²) in [6, 6.07) is 4.57. The van der Waals surface area contributed by atoms with Gasteiger partial charge < -0.3 is 19.7 Å². The molecule has 0 heterocycles. The molecule has 8 atom stereocenters. The van der Waals surface area contributed by atoms with Crippen LogP contribution in [0.15, 0.2) is 54.2 Å². The molecular formula is C42H64O5. The smallest absolute Gasteiger partial charge is 0.335 e. The number of fused-ring (bicyclic) bond motifs is 5. The first-order valence-corrected chi connectivity index (χ1v) is 18.4. The van der Waals surface area contributed by atoms with E-state index in [4.69, 9.17) is 14.6 Å². The fourth-order valence-corrected chi connectivity index (χ4v) is 9.94. The first-order valence-electron chi connectivity index (χ1n) is 18.4. The van der Waals surface area contributed by atoms with Gasteiger partial charge in [0.25, 0.3) is 0 Å². The average Bonchev–Trinajstić information content (AvgIpc) is 3.36. The van der Waals surface area contributed by atoms with E-state index < -0.39 is 5.97 Å². The summed E-state index contributed by atoms with van der Waals surface area (Å²) >= 11 is 0. The van der Waals surface area contributed by atoms with Gasteiger partial charge in [-0.25, -0.2) is 4.79 Å². The Balaban J connectivity index is 0.000000231. The summed E-state index contributed by atoms with van der Waals surface area (Å²) in [7, 11) is 0. The van der Waals surface area contributed by atoms with Crippen LogP contribution in [-0.4, -0.2) is 35.5 Å². The van der Waals surface area contributed by atoms with Crippen LogP contribution in [0.3, 0.4) is 0 Å². The molecule has 1 aromatic carbocycles. The van der Waals surface area contributed by atoms with Crippen LogP contribution in [0.2, 0.25) is 0 Å². The fraction of sp³-hybridized carbons (Fsp3) is 0.690. The molecule has 0 saturated heterocycles. The molecule has 2 N–H and O–H groups in total. The molecule has 0 aliphatic heterocycles. The molecule has 0 amide bonds. The Bertz CT molecular complexity index is 1260. The van der Waals surface area contributed by atoms with E-state index in [0.717, 1.165) is 59.5 Å².